The Bertz CT molecular complexity index is 1470. The van der Waals surface area contributed by atoms with Crippen LogP contribution in [0.3, 0.4) is 0 Å². The molecule has 176 valence electrons. The number of thiophene rings is 1. The molecule has 3 aromatic heterocycles. The molecule has 0 amide bonds. The van der Waals surface area contributed by atoms with Gasteiger partial charge in [-0.2, -0.15) is 9.78 Å². The largest absolute Gasteiger partial charge is 0.366 e. The van der Waals surface area contributed by atoms with Crippen LogP contribution in [0.25, 0.3) is 15.9 Å². The molecule has 0 aliphatic carbocycles. The van der Waals surface area contributed by atoms with Gasteiger partial charge in [0.05, 0.1) is 29.0 Å². The molecule has 0 spiro atoms. The number of fused-ring (bicyclic) bond motifs is 1. The van der Waals surface area contributed by atoms with Crippen molar-refractivity contribution in [2.75, 3.05) is 31.1 Å². The van der Waals surface area contributed by atoms with Crippen molar-refractivity contribution in [3.8, 4) is 5.69 Å². The topological polar surface area (TPSA) is 87.1 Å². The molecule has 4 aromatic rings. The molecule has 0 radical (unpaired) electrons. The highest BCUT2D eigenvalue weighted by atomic mass is 35.5. The number of benzene rings is 1. The second kappa shape index (κ2) is 8.98. The maximum atomic E-state index is 12.8. The summed E-state index contributed by atoms with van der Waals surface area (Å²) in [4.78, 5) is 39.6. The Labute approximate surface area is 205 Å². The number of para-hydroxylation sites is 1. The van der Waals surface area contributed by atoms with Crippen LogP contribution < -0.4 is 16.0 Å². The fourth-order valence-corrected chi connectivity index (χ4v) is 5.68. The third-order valence-corrected chi connectivity index (χ3v) is 8.01. The molecule has 5 rings (SSSR count). The Hall–Kier alpha value is -3.01. The monoisotopic (exact) mass is 496 g/mol. The number of rotatable bonds is 4. The van der Waals surface area contributed by atoms with E-state index < -0.39 is 0 Å². The molecule has 1 aromatic carbocycles. The lowest BCUT2D eigenvalue weighted by Crippen LogP contribution is -2.48. The maximum Gasteiger partial charge on any atom is 0.292 e. The lowest BCUT2D eigenvalue weighted by Gasteiger charge is -2.38. The quantitative estimate of drug-likeness (QED) is 0.463. The molecular formula is C24H25ClN6O2S. The summed E-state index contributed by atoms with van der Waals surface area (Å²) in [6, 6.07) is 9.19. The van der Waals surface area contributed by atoms with Crippen LogP contribution in [0.15, 0.2) is 46.1 Å². The van der Waals surface area contributed by atoms with Crippen LogP contribution in [0.5, 0.6) is 0 Å². The lowest BCUT2D eigenvalue weighted by molar-refractivity contribution is 0.191. The van der Waals surface area contributed by atoms with Crippen LogP contribution in [0.4, 0.5) is 5.69 Å². The van der Waals surface area contributed by atoms with Gasteiger partial charge in [-0.1, -0.05) is 29.8 Å². The second-order valence-corrected chi connectivity index (χ2v) is 10.1. The van der Waals surface area contributed by atoms with Gasteiger partial charge < -0.3 is 9.88 Å². The highest BCUT2D eigenvalue weighted by Gasteiger charge is 2.26. The summed E-state index contributed by atoms with van der Waals surface area (Å²) in [5.41, 5.74) is 1.90. The summed E-state index contributed by atoms with van der Waals surface area (Å²) in [7, 11) is 0. The predicted molar refractivity (Wildman–Crippen MR) is 137 cm³/mol. The van der Waals surface area contributed by atoms with Crippen LogP contribution in [0.1, 0.15) is 29.2 Å². The van der Waals surface area contributed by atoms with E-state index in [4.69, 9.17) is 16.6 Å². The number of aromatic nitrogens is 4. The average molecular weight is 497 g/mol. The Balaban J connectivity index is 1.33. The molecule has 4 heterocycles. The highest BCUT2D eigenvalue weighted by Crippen LogP contribution is 2.29. The van der Waals surface area contributed by atoms with E-state index in [0.29, 0.717) is 35.7 Å². The molecule has 1 saturated heterocycles. The van der Waals surface area contributed by atoms with Gasteiger partial charge >= 0.3 is 0 Å². The highest BCUT2D eigenvalue weighted by molar-refractivity contribution is 7.18. The first-order chi connectivity index (χ1) is 16.3. The van der Waals surface area contributed by atoms with Crippen molar-refractivity contribution in [2.24, 2.45) is 0 Å². The number of anilines is 1. The number of halogens is 1. The van der Waals surface area contributed by atoms with E-state index >= 15 is 0 Å². The number of aromatic amines is 1. The van der Waals surface area contributed by atoms with E-state index in [0.717, 1.165) is 28.4 Å². The third-order valence-electron chi connectivity index (χ3n) is 6.56. The van der Waals surface area contributed by atoms with Gasteiger partial charge in [-0.3, -0.25) is 14.5 Å². The number of nitrogens with one attached hydrogen (secondary N) is 1. The van der Waals surface area contributed by atoms with E-state index in [-0.39, 0.29) is 22.2 Å². The van der Waals surface area contributed by atoms with Crippen molar-refractivity contribution in [1.82, 2.24) is 24.6 Å². The lowest BCUT2D eigenvalue weighted by atomic mass is 10.2. The van der Waals surface area contributed by atoms with Crippen molar-refractivity contribution >= 4 is 38.8 Å². The van der Waals surface area contributed by atoms with Crippen LogP contribution in [0.2, 0.25) is 5.02 Å². The van der Waals surface area contributed by atoms with Gasteiger partial charge in [0, 0.05) is 31.1 Å². The van der Waals surface area contributed by atoms with Gasteiger partial charge in [0.25, 0.3) is 11.1 Å². The first-order valence-corrected chi connectivity index (χ1v) is 12.4. The summed E-state index contributed by atoms with van der Waals surface area (Å²) in [6.45, 7) is 8.89. The molecule has 10 heteroatoms. The van der Waals surface area contributed by atoms with Crippen molar-refractivity contribution in [3.05, 3.63) is 78.5 Å². The van der Waals surface area contributed by atoms with Crippen LogP contribution in [-0.4, -0.2) is 50.8 Å². The zero-order valence-corrected chi connectivity index (χ0v) is 20.8. The fourth-order valence-electron chi connectivity index (χ4n) is 4.39. The van der Waals surface area contributed by atoms with Gasteiger partial charge in [-0.15, -0.1) is 11.3 Å². The predicted octanol–water partition coefficient (Wildman–Crippen LogP) is 3.68. The van der Waals surface area contributed by atoms with Crippen LogP contribution in [-0.2, 0) is 0 Å². The van der Waals surface area contributed by atoms with Crippen LogP contribution in [0, 0.1) is 13.8 Å². The van der Waals surface area contributed by atoms with Crippen LogP contribution >= 0.6 is 22.9 Å². The summed E-state index contributed by atoms with van der Waals surface area (Å²) in [6.07, 6.45) is 1.66. The van der Waals surface area contributed by atoms with E-state index in [9.17, 15) is 9.59 Å². The minimum atomic E-state index is -0.335. The molecule has 0 saturated carbocycles. The molecule has 1 aliphatic heterocycles. The number of piperazine rings is 1. The Kier molecular flexibility index (Phi) is 6.01. The number of nitrogens with zero attached hydrogens (tertiary/aromatic N) is 5. The number of hydrogen-bond donors (Lipinski definition) is 1. The minimum absolute atomic E-state index is 0.0401. The zero-order chi connectivity index (χ0) is 24.0. The standard InChI is InChI=1S/C24H25ClN6O2S/c1-14-16(3)34-23-19(14)22(32)27-21(28-23)15(2)29-9-11-30(12-10-29)18-13-26-31(24(33)20(18)25)17-7-5-4-6-8-17/h4-8,13,15H,9-12H2,1-3H3,(H,27,28,32). The van der Waals surface area contributed by atoms with Gasteiger partial charge in [0.1, 0.15) is 15.7 Å². The Morgan fingerprint density at radius 2 is 1.79 bits per heavy atom. The molecule has 1 aliphatic rings. The van der Waals surface area contributed by atoms with Crippen molar-refractivity contribution in [2.45, 2.75) is 26.8 Å². The Morgan fingerprint density at radius 3 is 2.50 bits per heavy atom. The average Bonchev–Trinajstić information content (AvgIpc) is 3.14. The van der Waals surface area contributed by atoms with Crippen molar-refractivity contribution in [3.63, 3.8) is 0 Å². The summed E-state index contributed by atoms with van der Waals surface area (Å²) < 4.78 is 1.32. The minimum Gasteiger partial charge on any atom is -0.366 e. The van der Waals surface area contributed by atoms with E-state index in [2.05, 4.69) is 26.8 Å². The first kappa shape index (κ1) is 22.8. The zero-order valence-electron chi connectivity index (χ0n) is 19.2. The molecule has 1 fully saturated rings. The van der Waals surface area contributed by atoms with Crippen molar-refractivity contribution in [1.29, 1.82) is 0 Å². The molecule has 0 bridgehead atoms. The number of H-pyrrole nitrogens is 1. The van der Waals surface area contributed by atoms with Gasteiger partial charge in [0.2, 0.25) is 0 Å². The third kappa shape index (κ3) is 3.93. The fraction of sp³-hybridized carbons (Fsp3) is 0.333. The van der Waals surface area contributed by atoms with E-state index in [1.165, 1.54) is 4.68 Å². The summed E-state index contributed by atoms with van der Waals surface area (Å²) in [5, 5.41) is 5.21. The molecule has 1 N–H and O–H groups in total. The maximum absolute atomic E-state index is 12.8. The SMILES string of the molecule is Cc1sc2nc(C(C)N3CCN(c4cnn(-c5ccccc5)c(=O)c4Cl)CC3)[nH]c(=O)c2c1C. The molecule has 1 atom stereocenters. The molecule has 34 heavy (non-hydrogen) atoms. The van der Waals surface area contributed by atoms with E-state index in [1.54, 1.807) is 17.5 Å². The van der Waals surface area contributed by atoms with Gasteiger partial charge in [0.15, 0.2) is 0 Å². The number of hydrogen-bond acceptors (Lipinski definition) is 7. The smallest absolute Gasteiger partial charge is 0.292 e. The van der Waals surface area contributed by atoms with Gasteiger partial charge in [-0.25, -0.2) is 4.98 Å². The normalized spacial score (nSPS) is 15.7. The first-order valence-electron chi connectivity index (χ1n) is 11.2. The van der Waals surface area contributed by atoms with Crippen molar-refractivity contribution < 1.29 is 0 Å². The molecule has 8 nitrogen and oxygen atoms in total. The second-order valence-electron chi connectivity index (χ2n) is 8.51. The molecular weight excluding hydrogens is 472 g/mol. The molecule has 1 unspecified atom stereocenters. The number of aryl methyl sites for hydroxylation is 2. The summed E-state index contributed by atoms with van der Waals surface area (Å²) in [5.74, 6) is 0.678. The summed E-state index contributed by atoms with van der Waals surface area (Å²) >= 11 is 8.05. The van der Waals surface area contributed by atoms with Gasteiger partial charge in [-0.05, 0) is 38.5 Å². The Morgan fingerprint density at radius 1 is 1.09 bits per heavy atom. The van der Waals surface area contributed by atoms with E-state index in [1.807, 2.05) is 44.2 Å².